The SMILES string of the molecule is O=C(NCc1cccc(N2CCCC2=O)c1)c1cccc(OCc2ccccc2)c1. The summed E-state index contributed by atoms with van der Waals surface area (Å²) >= 11 is 0. The summed E-state index contributed by atoms with van der Waals surface area (Å²) in [4.78, 5) is 26.4. The van der Waals surface area contributed by atoms with Crippen molar-refractivity contribution < 1.29 is 14.3 Å². The molecule has 1 N–H and O–H groups in total. The summed E-state index contributed by atoms with van der Waals surface area (Å²) in [6.45, 7) is 1.60. The van der Waals surface area contributed by atoms with Crippen molar-refractivity contribution in [2.24, 2.45) is 0 Å². The van der Waals surface area contributed by atoms with Gasteiger partial charge in [-0.3, -0.25) is 9.59 Å². The van der Waals surface area contributed by atoms with Crippen LogP contribution in [0.2, 0.25) is 0 Å². The number of nitrogens with zero attached hydrogens (tertiary/aromatic N) is 1. The Bertz CT molecular complexity index is 1030. The number of benzene rings is 3. The number of ether oxygens (including phenoxy) is 1. The summed E-state index contributed by atoms with van der Waals surface area (Å²) < 4.78 is 5.81. The van der Waals surface area contributed by atoms with Crippen molar-refractivity contribution in [1.82, 2.24) is 5.32 Å². The minimum absolute atomic E-state index is 0.156. The smallest absolute Gasteiger partial charge is 0.251 e. The van der Waals surface area contributed by atoms with E-state index < -0.39 is 0 Å². The normalized spacial score (nSPS) is 13.3. The van der Waals surface area contributed by atoms with Crippen LogP contribution in [0.15, 0.2) is 78.9 Å². The Hall–Kier alpha value is -3.60. The first-order chi connectivity index (χ1) is 14.7. The molecule has 1 saturated heterocycles. The van der Waals surface area contributed by atoms with Crippen LogP contribution in [-0.4, -0.2) is 18.4 Å². The van der Waals surface area contributed by atoms with Gasteiger partial charge in [-0.15, -0.1) is 0 Å². The fourth-order valence-electron chi connectivity index (χ4n) is 3.51. The molecule has 1 aliphatic heterocycles. The quantitative estimate of drug-likeness (QED) is 0.642. The molecule has 5 nitrogen and oxygen atoms in total. The molecule has 152 valence electrons. The van der Waals surface area contributed by atoms with E-state index in [1.807, 2.05) is 66.7 Å². The van der Waals surface area contributed by atoms with Crippen molar-refractivity contribution in [2.75, 3.05) is 11.4 Å². The number of carbonyl (C=O) groups is 2. The molecule has 5 heteroatoms. The van der Waals surface area contributed by atoms with Crippen molar-refractivity contribution >= 4 is 17.5 Å². The second-order valence-corrected chi connectivity index (χ2v) is 7.30. The number of nitrogens with one attached hydrogen (secondary N) is 1. The number of amides is 2. The standard InChI is InChI=1S/C25H24N2O3/c28-24-13-6-14-27(24)22-11-4-9-20(15-22)17-26-25(29)21-10-5-12-23(16-21)30-18-19-7-2-1-3-8-19/h1-5,7-12,15-16H,6,13-14,17-18H2,(H,26,29). The Morgan fingerprint density at radius 2 is 1.73 bits per heavy atom. The van der Waals surface area contributed by atoms with Crippen LogP contribution in [0.5, 0.6) is 5.75 Å². The molecule has 0 radical (unpaired) electrons. The van der Waals surface area contributed by atoms with Crippen molar-refractivity contribution in [3.05, 3.63) is 95.6 Å². The lowest BCUT2D eigenvalue weighted by molar-refractivity contribution is -0.117. The molecule has 3 aromatic rings. The van der Waals surface area contributed by atoms with E-state index in [1.165, 1.54) is 0 Å². The van der Waals surface area contributed by atoms with Crippen molar-refractivity contribution in [2.45, 2.75) is 26.0 Å². The molecule has 0 aromatic heterocycles. The van der Waals surface area contributed by atoms with Gasteiger partial charge in [0.25, 0.3) is 5.91 Å². The molecule has 3 aromatic carbocycles. The van der Waals surface area contributed by atoms with Crippen LogP contribution in [0.3, 0.4) is 0 Å². The topological polar surface area (TPSA) is 58.6 Å². The zero-order valence-corrected chi connectivity index (χ0v) is 16.7. The first-order valence-corrected chi connectivity index (χ1v) is 10.1. The monoisotopic (exact) mass is 400 g/mol. The van der Waals surface area contributed by atoms with Crippen LogP contribution in [0.4, 0.5) is 5.69 Å². The largest absolute Gasteiger partial charge is 0.489 e. The maximum atomic E-state index is 12.6. The fraction of sp³-hybridized carbons (Fsp3) is 0.200. The summed E-state index contributed by atoms with van der Waals surface area (Å²) in [5.74, 6) is 0.646. The maximum absolute atomic E-state index is 12.6. The molecule has 1 heterocycles. The Kier molecular flexibility index (Phi) is 6.09. The van der Waals surface area contributed by atoms with E-state index in [4.69, 9.17) is 4.74 Å². The molecule has 1 aliphatic rings. The van der Waals surface area contributed by atoms with Gasteiger partial charge in [-0.2, -0.15) is 0 Å². The van der Waals surface area contributed by atoms with E-state index in [2.05, 4.69) is 5.32 Å². The van der Waals surface area contributed by atoms with Gasteiger partial charge >= 0.3 is 0 Å². The van der Waals surface area contributed by atoms with E-state index in [9.17, 15) is 9.59 Å². The van der Waals surface area contributed by atoms with Gasteiger partial charge in [0.05, 0.1) is 0 Å². The molecule has 0 aliphatic carbocycles. The molecule has 0 spiro atoms. The van der Waals surface area contributed by atoms with Gasteiger partial charge in [-0.1, -0.05) is 48.5 Å². The highest BCUT2D eigenvalue weighted by Crippen LogP contribution is 2.22. The predicted octanol–water partition coefficient (Wildman–Crippen LogP) is 4.32. The highest BCUT2D eigenvalue weighted by atomic mass is 16.5. The molecular formula is C25H24N2O3. The third kappa shape index (κ3) is 4.87. The summed E-state index contributed by atoms with van der Waals surface area (Å²) in [6, 6.07) is 24.8. The van der Waals surface area contributed by atoms with Gasteiger partial charge in [0.15, 0.2) is 0 Å². The Morgan fingerprint density at radius 1 is 0.933 bits per heavy atom. The van der Waals surface area contributed by atoms with E-state index in [0.717, 1.165) is 29.8 Å². The van der Waals surface area contributed by atoms with Gasteiger partial charge in [-0.25, -0.2) is 0 Å². The number of anilines is 1. The second kappa shape index (κ2) is 9.27. The highest BCUT2D eigenvalue weighted by Gasteiger charge is 2.21. The Morgan fingerprint density at radius 3 is 2.53 bits per heavy atom. The third-order valence-electron chi connectivity index (χ3n) is 5.09. The van der Waals surface area contributed by atoms with E-state index >= 15 is 0 Å². The summed E-state index contributed by atoms with van der Waals surface area (Å²) in [6.07, 6.45) is 1.49. The fourth-order valence-corrected chi connectivity index (χ4v) is 3.51. The van der Waals surface area contributed by atoms with Crippen LogP contribution in [-0.2, 0) is 17.9 Å². The first kappa shape index (κ1) is 19.7. The van der Waals surface area contributed by atoms with E-state index in [0.29, 0.717) is 30.9 Å². The van der Waals surface area contributed by atoms with Crippen molar-refractivity contribution in [3.63, 3.8) is 0 Å². The van der Waals surface area contributed by atoms with Crippen molar-refractivity contribution in [3.8, 4) is 5.75 Å². The molecule has 0 saturated carbocycles. The number of rotatable bonds is 7. The second-order valence-electron chi connectivity index (χ2n) is 7.30. The predicted molar refractivity (Wildman–Crippen MR) is 116 cm³/mol. The van der Waals surface area contributed by atoms with Crippen LogP contribution < -0.4 is 15.0 Å². The average molecular weight is 400 g/mol. The molecule has 0 atom stereocenters. The first-order valence-electron chi connectivity index (χ1n) is 10.1. The molecule has 30 heavy (non-hydrogen) atoms. The summed E-state index contributed by atoms with van der Waals surface area (Å²) in [5.41, 5.74) is 3.47. The highest BCUT2D eigenvalue weighted by molar-refractivity contribution is 5.95. The summed E-state index contributed by atoms with van der Waals surface area (Å²) in [5, 5.41) is 2.95. The lowest BCUT2D eigenvalue weighted by atomic mass is 10.1. The molecule has 4 rings (SSSR count). The minimum Gasteiger partial charge on any atom is -0.489 e. The number of hydrogen-bond donors (Lipinski definition) is 1. The molecular weight excluding hydrogens is 376 g/mol. The van der Waals surface area contributed by atoms with Crippen molar-refractivity contribution in [1.29, 1.82) is 0 Å². The lowest BCUT2D eigenvalue weighted by Crippen LogP contribution is -2.25. The van der Waals surface area contributed by atoms with Crippen LogP contribution in [0, 0.1) is 0 Å². The Labute approximate surface area is 176 Å². The summed E-state index contributed by atoms with van der Waals surface area (Å²) in [7, 11) is 0. The molecule has 1 fully saturated rings. The van der Waals surface area contributed by atoms with Crippen LogP contribution in [0.1, 0.15) is 34.3 Å². The maximum Gasteiger partial charge on any atom is 0.251 e. The van der Waals surface area contributed by atoms with Gasteiger partial charge in [-0.05, 0) is 47.9 Å². The van der Waals surface area contributed by atoms with Gasteiger partial charge in [0.2, 0.25) is 5.91 Å². The van der Waals surface area contributed by atoms with E-state index in [1.54, 1.807) is 17.0 Å². The molecule has 0 unspecified atom stereocenters. The Balaban J connectivity index is 1.36. The van der Waals surface area contributed by atoms with Crippen LogP contribution in [0.25, 0.3) is 0 Å². The lowest BCUT2D eigenvalue weighted by Gasteiger charge is -2.16. The zero-order chi connectivity index (χ0) is 20.8. The zero-order valence-electron chi connectivity index (χ0n) is 16.7. The number of carbonyl (C=O) groups excluding carboxylic acids is 2. The minimum atomic E-state index is -0.164. The van der Waals surface area contributed by atoms with Gasteiger partial charge < -0.3 is 15.0 Å². The van der Waals surface area contributed by atoms with E-state index in [-0.39, 0.29) is 11.8 Å². The molecule has 2 amide bonds. The number of hydrogen-bond acceptors (Lipinski definition) is 3. The van der Waals surface area contributed by atoms with Gasteiger partial charge in [0.1, 0.15) is 12.4 Å². The van der Waals surface area contributed by atoms with Crippen LogP contribution >= 0.6 is 0 Å². The van der Waals surface area contributed by atoms with Gasteiger partial charge in [0, 0.05) is 30.8 Å². The third-order valence-corrected chi connectivity index (χ3v) is 5.09. The average Bonchev–Trinajstić information content (AvgIpc) is 3.23. The molecule has 0 bridgehead atoms.